The van der Waals surface area contributed by atoms with E-state index in [1.807, 2.05) is 37.3 Å². The SMILES string of the molecule is CCN(CCC(=O)OC)C(CC#N)c1ccccc1. The maximum absolute atomic E-state index is 11.2. The first-order chi connectivity index (χ1) is 9.22. The minimum absolute atomic E-state index is 0.0286. The van der Waals surface area contributed by atoms with Gasteiger partial charge in [0.2, 0.25) is 0 Å². The van der Waals surface area contributed by atoms with Gasteiger partial charge in [0.1, 0.15) is 0 Å². The van der Waals surface area contributed by atoms with E-state index in [4.69, 9.17) is 5.26 Å². The number of carbonyl (C=O) groups is 1. The zero-order valence-electron chi connectivity index (χ0n) is 11.5. The zero-order chi connectivity index (χ0) is 14.1. The van der Waals surface area contributed by atoms with Crippen molar-refractivity contribution < 1.29 is 9.53 Å². The topological polar surface area (TPSA) is 53.3 Å². The molecule has 0 heterocycles. The second kappa shape index (κ2) is 8.28. The van der Waals surface area contributed by atoms with E-state index in [1.165, 1.54) is 7.11 Å². The van der Waals surface area contributed by atoms with Gasteiger partial charge in [-0.2, -0.15) is 5.26 Å². The summed E-state index contributed by atoms with van der Waals surface area (Å²) in [5.41, 5.74) is 1.11. The van der Waals surface area contributed by atoms with Gasteiger partial charge >= 0.3 is 5.97 Å². The van der Waals surface area contributed by atoms with Crippen molar-refractivity contribution >= 4 is 5.97 Å². The number of hydrogen-bond donors (Lipinski definition) is 0. The Morgan fingerprint density at radius 3 is 2.63 bits per heavy atom. The van der Waals surface area contributed by atoms with E-state index in [9.17, 15) is 4.79 Å². The third-order valence-electron chi connectivity index (χ3n) is 3.15. The van der Waals surface area contributed by atoms with Gasteiger partial charge in [-0.1, -0.05) is 37.3 Å². The average Bonchev–Trinajstić information content (AvgIpc) is 2.47. The van der Waals surface area contributed by atoms with Crippen LogP contribution in [0.25, 0.3) is 0 Å². The number of carbonyl (C=O) groups excluding carboxylic acids is 1. The molecule has 0 radical (unpaired) electrons. The fraction of sp³-hybridized carbons (Fsp3) is 0.467. The van der Waals surface area contributed by atoms with E-state index in [-0.39, 0.29) is 12.0 Å². The normalized spacial score (nSPS) is 11.9. The van der Waals surface area contributed by atoms with Crippen molar-refractivity contribution in [2.75, 3.05) is 20.2 Å². The van der Waals surface area contributed by atoms with Crippen LogP contribution in [0.5, 0.6) is 0 Å². The van der Waals surface area contributed by atoms with Crippen molar-refractivity contribution in [3.8, 4) is 6.07 Å². The lowest BCUT2D eigenvalue weighted by Crippen LogP contribution is -2.31. The Morgan fingerprint density at radius 2 is 2.11 bits per heavy atom. The van der Waals surface area contributed by atoms with E-state index in [0.717, 1.165) is 12.1 Å². The molecule has 19 heavy (non-hydrogen) atoms. The fourth-order valence-electron chi connectivity index (χ4n) is 2.09. The Kier molecular flexibility index (Phi) is 6.62. The first-order valence-electron chi connectivity index (χ1n) is 6.45. The number of esters is 1. The molecule has 1 aromatic rings. The molecule has 0 aliphatic carbocycles. The molecule has 0 N–H and O–H groups in total. The number of benzene rings is 1. The standard InChI is InChI=1S/C15H20N2O2/c1-3-17(12-10-15(18)19-2)14(9-11-16)13-7-5-4-6-8-13/h4-8,14H,3,9-10,12H2,1-2H3. The van der Waals surface area contributed by atoms with Crippen LogP contribution in [0.3, 0.4) is 0 Å². The van der Waals surface area contributed by atoms with Crippen LogP contribution in [0.15, 0.2) is 30.3 Å². The van der Waals surface area contributed by atoms with Crippen molar-refractivity contribution in [2.45, 2.75) is 25.8 Å². The number of rotatable bonds is 7. The van der Waals surface area contributed by atoms with Gasteiger partial charge in [-0.15, -0.1) is 0 Å². The molecule has 0 bridgehead atoms. The van der Waals surface area contributed by atoms with Crippen LogP contribution >= 0.6 is 0 Å². The molecule has 0 fully saturated rings. The van der Waals surface area contributed by atoms with Gasteiger partial charge in [0.15, 0.2) is 0 Å². The molecule has 1 rings (SSSR count). The molecule has 0 amide bonds. The summed E-state index contributed by atoms with van der Waals surface area (Å²) >= 11 is 0. The molecule has 0 saturated carbocycles. The van der Waals surface area contributed by atoms with Gasteiger partial charge in [-0.25, -0.2) is 0 Å². The van der Waals surface area contributed by atoms with Crippen LogP contribution in [0.4, 0.5) is 0 Å². The zero-order valence-corrected chi connectivity index (χ0v) is 11.5. The molecule has 102 valence electrons. The number of hydrogen-bond acceptors (Lipinski definition) is 4. The second-order valence-corrected chi connectivity index (χ2v) is 4.24. The summed E-state index contributed by atoms with van der Waals surface area (Å²) in [6.45, 7) is 3.42. The molecule has 0 aromatic heterocycles. The largest absolute Gasteiger partial charge is 0.469 e. The van der Waals surface area contributed by atoms with Gasteiger partial charge in [0.05, 0.1) is 26.0 Å². The summed E-state index contributed by atoms with van der Waals surface area (Å²) < 4.78 is 4.66. The molecule has 1 aromatic carbocycles. The highest BCUT2D eigenvalue weighted by atomic mass is 16.5. The molecular weight excluding hydrogens is 240 g/mol. The predicted octanol–water partition coefficient (Wildman–Crippen LogP) is 2.53. The molecule has 0 saturated heterocycles. The quantitative estimate of drug-likeness (QED) is 0.707. The van der Waals surface area contributed by atoms with Crippen LogP contribution < -0.4 is 0 Å². The van der Waals surface area contributed by atoms with E-state index >= 15 is 0 Å². The highest BCUT2D eigenvalue weighted by Gasteiger charge is 2.19. The van der Waals surface area contributed by atoms with Gasteiger partial charge < -0.3 is 4.74 Å². The highest BCUT2D eigenvalue weighted by Crippen LogP contribution is 2.23. The Bertz CT molecular complexity index is 426. The maximum atomic E-state index is 11.2. The van der Waals surface area contributed by atoms with Crippen molar-refractivity contribution in [1.82, 2.24) is 4.90 Å². The summed E-state index contributed by atoms with van der Waals surface area (Å²) in [4.78, 5) is 13.4. The molecule has 0 spiro atoms. The van der Waals surface area contributed by atoms with Crippen molar-refractivity contribution in [3.05, 3.63) is 35.9 Å². The lowest BCUT2D eigenvalue weighted by molar-refractivity contribution is -0.141. The highest BCUT2D eigenvalue weighted by molar-refractivity contribution is 5.69. The molecule has 4 heteroatoms. The molecule has 1 unspecified atom stereocenters. The van der Waals surface area contributed by atoms with Crippen LogP contribution in [0.2, 0.25) is 0 Å². The first-order valence-corrected chi connectivity index (χ1v) is 6.45. The third kappa shape index (κ3) is 4.72. The Labute approximate surface area is 114 Å². The lowest BCUT2D eigenvalue weighted by Gasteiger charge is -2.29. The average molecular weight is 260 g/mol. The third-order valence-corrected chi connectivity index (χ3v) is 3.15. The smallest absolute Gasteiger partial charge is 0.306 e. The van der Waals surface area contributed by atoms with Gasteiger partial charge in [0.25, 0.3) is 0 Å². The molecule has 4 nitrogen and oxygen atoms in total. The van der Waals surface area contributed by atoms with E-state index in [2.05, 4.69) is 15.7 Å². The lowest BCUT2D eigenvalue weighted by atomic mass is 10.0. The minimum atomic E-state index is -0.220. The first kappa shape index (κ1) is 15.2. The van der Waals surface area contributed by atoms with E-state index in [1.54, 1.807) is 0 Å². The minimum Gasteiger partial charge on any atom is -0.469 e. The summed E-state index contributed by atoms with van der Waals surface area (Å²) in [6.07, 6.45) is 0.762. The Hall–Kier alpha value is -1.86. The van der Waals surface area contributed by atoms with Crippen LogP contribution in [-0.4, -0.2) is 31.1 Å². The predicted molar refractivity (Wildman–Crippen MR) is 73.3 cm³/mol. The van der Waals surface area contributed by atoms with Gasteiger partial charge in [-0.05, 0) is 12.1 Å². The van der Waals surface area contributed by atoms with Crippen molar-refractivity contribution in [3.63, 3.8) is 0 Å². The van der Waals surface area contributed by atoms with Gasteiger partial charge in [0, 0.05) is 12.6 Å². The number of methoxy groups -OCH3 is 1. The monoisotopic (exact) mass is 260 g/mol. The molecule has 1 atom stereocenters. The van der Waals surface area contributed by atoms with E-state index in [0.29, 0.717) is 19.4 Å². The number of nitriles is 1. The molecule has 0 aliphatic heterocycles. The Balaban J connectivity index is 2.78. The number of ether oxygens (including phenoxy) is 1. The summed E-state index contributed by atoms with van der Waals surface area (Å²) in [6, 6.07) is 12.2. The van der Waals surface area contributed by atoms with Crippen LogP contribution in [-0.2, 0) is 9.53 Å². The molecule has 0 aliphatic rings. The van der Waals surface area contributed by atoms with Crippen molar-refractivity contribution in [2.24, 2.45) is 0 Å². The maximum Gasteiger partial charge on any atom is 0.306 e. The summed E-state index contributed by atoms with van der Waals surface area (Å²) in [5.74, 6) is -0.220. The van der Waals surface area contributed by atoms with Crippen LogP contribution in [0, 0.1) is 11.3 Å². The summed E-state index contributed by atoms with van der Waals surface area (Å²) in [5, 5.41) is 9.00. The molecular formula is C15H20N2O2. The van der Waals surface area contributed by atoms with Crippen LogP contribution in [0.1, 0.15) is 31.4 Å². The van der Waals surface area contributed by atoms with Crippen molar-refractivity contribution in [1.29, 1.82) is 5.26 Å². The van der Waals surface area contributed by atoms with E-state index < -0.39 is 0 Å². The fourth-order valence-corrected chi connectivity index (χ4v) is 2.09. The summed E-state index contributed by atoms with van der Waals surface area (Å²) in [7, 11) is 1.39. The second-order valence-electron chi connectivity index (χ2n) is 4.24. The number of nitrogens with zero attached hydrogens (tertiary/aromatic N) is 2. The van der Waals surface area contributed by atoms with Gasteiger partial charge in [-0.3, -0.25) is 9.69 Å². The Morgan fingerprint density at radius 1 is 1.42 bits per heavy atom.